The molecule has 8 nitrogen and oxygen atoms in total. The largest absolute Gasteiger partial charge is 0.448 e. The van der Waals surface area contributed by atoms with Crippen LogP contribution >= 0.6 is 0 Å². The average molecular weight is 445 g/mol. The highest BCUT2D eigenvalue weighted by molar-refractivity contribution is 7.89. The molecule has 1 heterocycles. The number of carbonyl (C=O) groups excluding carboxylic acids is 2. The number of amides is 1. The fourth-order valence-electron chi connectivity index (χ4n) is 3.82. The van der Waals surface area contributed by atoms with E-state index in [4.69, 9.17) is 9.47 Å². The molecule has 164 valence electrons. The lowest BCUT2D eigenvalue weighted by atomic mass is 10.2. The van der Waals surface area contributed by atoms with Crippen molar-refractivity contribution in [1.82, 2.24) is 4.31 Å². The summed E-state index contributed by atoms with van der Waals surface area (Å²) in [5, 5.41) is 2.70. The molecule has 1 fully saturated rings. The standard InChI is InChI=1S/C22H24N2O6S/c1-15(25)16-5-8-18(9-6-16)31(27,28)24(2)14-21(26)23-17-7-10-19-20(13-17)30-22(29-19)11-3-4-12-22/h5-10,13H,3-4,11-12,14H2,1-2H3,(H,23,26). The molecule has 2 aliphatic rings. The summed E-state index contributed by atoms with van der Waals surface area (Å²) in [6.07, 6.45) is 3.77. The van der Waals surface area contributed by atoms with Gasteiger partial charge in [-0.3, -0.25) is 9.59 Å². The summed E-state index contributed by atoms with van der Waals surface area (Å²) in [7, 11) is -2.55. The van der Waals surface area contributed by atoms with Crippen LogP contribution in [-0.2, 0) is 14.8 Å². The maximum absolute atomic E-state index is 12.7. The molecular formula is C22H24N2O6S. The number of ketones is 1. The van der Waals surface area contributed by atoms with Gasteiger partial charge in [-0.2, -0.15) is 4.31 Å². The van der Waals surface area contributed by atoms with E-state index < -0.39 is 21.7 Å². The fraction of sp³-hybridized carbons (Fsp3) is 0.364. The molecular weight excluding hydrogens is 420 g/mol. The van der Waals surface area contributed by atoms with Crippen LogP contribution in [0.15, 0.2) is 47.4 Å². The number of Topliss-reactive ketones (excluding diaryl/α,β-unsaturated/α-hetero) is 1. The van der Waals surface area contributed by atoms with E-state index in [9.17, 15) is 18.0 Å². The summed E-state index contributed by atoms with van der Waals surface area (Å²) >= 11 is 0. The summed E-state index contributed by atoms with van der Waals surface area (Å²) in [5.41, 5.74) is 0.917. The van der Waals surface area contributed by atoms with Gasteiger partial charge < -0.3 is 14.8 Å². The molecule has 0 saturated heterocycles. The number of likely N-dealkylation sites (N-methyl/N-ethyl adjacent to an activating group) is 1. The first-order valence-electron chi connectivity index (χ1n) is 10.1. The average Bonchev–Trinajstić information content (AvgIpc) is 3.33. The molecule has 1 amide bonds. The van der Waals surface area contributed by atoms with Gasteiger partial charge in [-0.1, -0.05) is 12.1 Å². The Bertz CT molecular complexity index is 1120. The van der Waals surface area contributed by atoms with Crippen molar-refractivity contribution >= 4 is 27.4 Å². The summed E-state index contributed by atoms with van der Waals surface area (Å²) in [5.74, 6) is -0.00280. The maximum Gasteiger partial charge on any atom is 0.251 e. The Morgan fingerprint density at radius 1 is 1.03 bits per heavy atom. The lowest BCUT2D eigenvalue weighted by Gasteiger charge is -2.21. The Kier molecular flexibility index (Phi) is 5.49. The molecule has 2 aromatic carbocycles. The number of hydrogen-bond acceptors (Lipinski definition) is 6. The first-order chi connectivity index (χ1) is 14.7. The van der Waals surface area contributed by atoms with Gasteiger partial charge in [0.15, 0.2) is 17.3 Å². The molecule has 9 heteroatoms. The summed E-state index contributed by atoms with van der Waals surface area (Å²) in [6.45, 7) is 1.04. The zero-order valence-corrected chi connectivity index (χ0v) is 18.2. The minimum Gasteiger partial charge on any atom is -0.448 e. The normalized spacial score (nSPS) is 16.6. The van der Waals surface area contributed by atoms with Gasteiger partial charge in [0.2, 0.25) is 15.9 Å². The molecule has 0 radical (unpaired) electrons. The van der Waals surface area contributed by atoms with Crippen molar-refractivity contribution in [3.05, 3.63) is 48.0 Å². The van der Waals surface area contributed by atoms with Crippen molar-refractivity contribution in [1.29, 1.82) is 0 Å². The number of anilines is 1. The Labute approximate surface area is 181 Å². The van der Waals surface area contributed by atoms with Crippen molar-refractivity contribution in [2.24, 2.45) is 0 Å². The number of nitrogens with one attached hydrogen (secondary N) is 1. The number of sulfonamides is 1. The van der Waals surface area contributed by atoms with Crippen molar-refractivity contribution in [2.75, 3.05) is 18.9 Å². The van der Waals surface area contributed by atoms with Crippen LogP contribution in [0.4, 0.5) is 5.69 Å². The third-order valence-corrected chi connectivity index (χ3v) is 7.34. The van der Waals surface area contributed by atoms with Gasteiger partial charge in [0.25, 0.3) is 5.79 Å². The molecule has 1 aliphatic carbocycles. The van der Waals surface area contributed by atoms with Crippen molar-refractivity contribution < 1.29 is 27.5 Å². The van der Waals surface area contributed by atoms with Gasteiger partial charge in [0, 0.05) is 37.2 Å². The molecule has 1 saturated carbocycles. The van der Waals surface area contributed by atoms with Crippen LogP contribution in [0, 0.1) is 0 Å². The van der Waals surface area contributed by atoms with E-state index in [1.54, 1.807) is 18.2 Å². The van der Waals surface area contributed by atoms with Crippen LogP contribution in [0.1, 0.15) is 43.0 Å². The van der Waals surface area contributed by atoms with E-state index in [0.717, 1.165) is 30.0 Å². The highest BCUT2D eigenvalue weighted by atomic mass is 32.2. The minimum absolute atomic E-state index is 0.0118. The smallest absolute Gasteiger partial charge is 0.251 e. The number of rotatable bonds is 6. The Balaban J connectivity index is 1.40. The first-order valence-corrected chi connectivity index (χ1v) is 11.5. The lowest BCUT2D eigenvalue weighted by molar-refractivity contribution is -0.116. The zero-order chi connectivity index (χ0) is 22.2. The highest BCUT2D eigenvalue weighted by Crippen LogP contribution is 2.47. The predicted molar refractivity (Wildman–Crippen MR) is 114 cm³/mol. The van der Waals surface area contributed by atoms with E-state index in [0.29, 0.717) is 22.7 Å². The quantitative estimate of drug-likeness (QED) is 0.687. The fourth-order valence-corrected chi connectivity index (χ4v) is 4.95. The van der Waals surface area contributed by atoms with Crippen LogP contribution in [0.2, 0.25) is 0 Å². The second-order valence-electron chi connectivity index (χ2n) is 7.87. The highest BCUT2D eigenvalue weighted by Gasteiger charge is 2.44. The van der Waals surface area contributed by atoms with Gasteiger partial charge in [0.05, 0.1) is 11.4 Å². The molecule has 1 aliphatic heterocycles. The zero-order valence-electron chi connectivity index (χ0n) is 17.4. The number of carbonyl (C=O) groups is 2. The molecule has 0 bridgehead atoms. The lowest BCUT2D eigenvalue weighted by Crippen LogP contribution is -2.35. The van der Waals surface area contributed by atoms with Crippen molar-refractivity contribution in [2.45, 2.75) is 43.3 Å². The van der Waals surface area contributed by atoms with E-state index in [-0.39, 0.29) is 17.2 Å². The Hall–Kier alpha value is -2.91. The number of benzene rings is 2. The third-order valence-electron chi connectivity index (χ3n) is 5.52. The number of ether oxygens (including phenoxy) is 2. The molecule has 2 aromatic rings. The number of fused-ring (bicyclic) bond motifs is 1. The second-order valence-corrected chi connectivity index (χ2v) is 9.92. The van der Waals surface area contributed by atoms with E-state index in [2.05, 4.69) is 5.32 Å². The second kappa shape index (κ2) is 7.97. The summed E-state index contributed by atoms with van der Waals surface area (Å²) in [4.78, 5) is 23.8. The van der Waals surface area contributed by atoms with Gasteiger partial charge in [-0.25, -0.2) is 8.42 Å². The molecule has 0 unspecified atom stereocenters. The van der Waals surface area contributed by atoms with Crippen LogP contribution < -0.4 is 14.8 Å². The van der Waals surface area contributed by atoms with Crippen LogP contribution in [0.3, 0.4) is 0 Å². The Morgan fingerprint density at radius 2 is 1.68 bits per heavy atom. The third kappa shape index (κ3) is 4.28. The van der Waals surface area contributed by atoms with Gasteiger partial charge >= 0.3 is 0 Å². The molecule has 4 rings (SSSR count). The van der Waals surface area contributed by atoms with Gasteiger partial charge in [-0.15, -0.1) is 0 Å². The first kappa shape index (κ1) is 21.3. The maximum atomic E-state index is 12.7. The van der Waals surface area contributed by atoms with Gasteiger partial charge in [0.1, 0.15) is 0 Å². The minimum atomic E-state index is -3.88. The van der Waals surface area contributed by atoms with E-state index in [1.165, 1.54) is 38.2 Å². The number of nitrogens with zero attached hydrogens (tertiary/aromatic N) is 1. The Morgan fingerprint density at radius 3 is 2.32 bits per heavy atom. The summed E-state index contributed by atoms with van der Waals surface area (Å²) in [6, 6.07) is 10.8. The van der Waals surface area contributed by atoms with Crippen LogP contribution in [0.5, 0.6) is 11.5 Å². The molecule has 1 N–H and O–H groups in total. The summed E-state index contributed by atoms with van der Waals surface area (Å²) < 4.78 is 38.4. The van der Waals surface area contributed by atoms with E-state index >= 15 is 0 Å². The van der Waals surface area contributed by atoms with Crippen LogP contribution in [0.25, 0.3) is 0 Å². The SMILES string of the molecule is CC(=O)c1ccc(S(=O)(=O)N(C)CC(=O)Nc2ccc3c(c2)OC2(CCCC2)O3)cc1. The van der Waals surface area contributed by atoms with Crippen molar-refractivity contribution in [3.63, 3.8) is 0 Å². The van der Waals surface area contributed by atoms with Crippen molar-refractivity contribution in [3.8, 4) is 11.5 Å². The predicted octanol–water partition coefficient (Wildman–Crippen LogP) is 3.19. The number of hydrogen-bond donors (Lipinski definition) is 1. The monoisotopic (exact) mass is 444 g/mol. The molecule has 31 heavy (non-hydrogen) atoms. The van der Waals surface area contributed by atoms with Crippen LogP contribution in [-0.4, -0.2) is 43.8 Å². The molecule has 0 atom stereocenters. The molecule has 1 spiro atoms. The molecule has 0 aromatic heterocycles. The topological polar surface area (TPSA) is 102 Å². The van der Waals surface area contributed by atoms with Gasteiger partial charge in [-0.05, 0) is 44.0 Å². The van der Waals surface area contributed by atoms with E-state index in [1.807, 2.05) is 0 Å².